The summed E-state index contributed by atoms with van der Waals surface area (Å²) in [4.78, 5) is 0. The molecule has 0 unspecified atom stereocenters. The number of para-hydroxylation sites is 1. The van der Waals surface area contributed by atoms with Crippen molar-refractivity contribution in [2.24, 2.45) is 0 Å². The molecule has 0 saturated carbocycles. The maximum absolute atomic E-state index is 15.4. The first-order valence-electron chi connectivity index (χ1n) is 17.1. The smallest absolute Gasteiger partial charge is 0.397 e. The monoisotopic (exact) mass is 947 g/mol. The lowest BCUT2D eigenvalue weighted by Crippen LogP contribution is -2.81. The third-order valence-corrected chi connectivity index (χ3v) is 10.3. The van der Waals surface area contributed by atoms with Gasteiger partial charge < -0.3 is 4.74 Å². The molecule has 1 aromatic heterocycles. The average molecular weight is 947 g/mol. The van der Waals surface area contributed by atoms with Crippen LogP contribution in [0.3, 0.4) is 0 Å². The molecule has 0 aliphatic carbocycles. The second-order valence-corrected chi connectivity index (χ2v) is 13.9. The van der Waals surface area contributed by atoms with Crippen LogP contribution in [0, 0.1) is 116 Å². The van der Waals surface area contributed by atoms with Crippen molar-refractivity contribution < 1.29 is 97.1 Å². The van der Waals surface area contributed by atoms with Gasteiger partial charge in [-0.25, -0.2) is 87.8 Å². The first kappa shape index (κ1) is 46.9. The lowest BCUT2D eigenvalue weighted by atomic mass is 9.12. The number of benzene rings is 6. The summed E-state index contributed by atoms with van der Waals surface area (Å²) < 4.78 is 302. The number of rotatable bonds is 8. The molecule has 334 valence electrons. The van der Waals surface area contributed by atoms with E-state index in [0.29, 0.717) is 0 Å². The van der Waals surface area contributed by atoms with Gasteiger partial charge in [0.2, 0.25) is 0 Å². The summed E-state index contributed by atoms with van der Waals surface area (Å²) in [6.07, 6.45) is -5.17. The zero-order valence-corrected chi connectivity index (χ0v) is 31.4. The van der Waals surface area contributed by atoms with E-state index in [0.717, 1.165) is 17.5 Å². The lowest BCUT2D eigenvalue weighted by molar-refractivity contribution is -0.687. The van der Waals surface area contributed by atoms with E-state index >= 15 is 35.1 Å². The largest absolute Gasteiger partial charge is 0.436 e. The average Bonchev–Trinajstić information content (AvgIpc) is 3.72. The summed E-state index contributed by atoms with van der Waals surface area (Å²) in [7, 11) is 0. The van der Waals surface area contributed by atoms with Crippen LogP contribution in [-0.2, 0) is 6.54 Å². The maximum atomic E-state index is 15.4. The molecule has 0 fully saturated rings. The minimum atomic E-state index is -7.22. The third-order valence-electron chi connectivity index (χ3n) is 9.50. The third kappa shape index (κ3) is 7.55. The Morgan fingerprint density at radius 1 is 0.359 bits per heavy atom. The predicted octanol–water partition coefficient (Wildman–Crippen LogP) is 9.72. The van der Waals surface area contributed by atoms with E-state index < -0.39 is 144 Å². The number of thiazole rings is 1. The van der Waals surface area contributed by atoms with Crippen LogP contribution < -0.4 is 31.2 Å². The van der Waals surface area contributed by atoms with Crippen LogP contribution in [0.15, 0.2) is 72.2 Å². The molecule has 64 heavy (non-hydrogen) atoms. The van der Waals surface area contributed by atoms with Crippen LogP contribution >= 0.6 is 11.3 Å². The lowest BCUT2D eigenvalue weighted by Gasteiger charge is -2.44. The van der Waals surface area contributed by atoms with Crippen molar-refractivity contribution in [3.63, 3.8) is 0 Å². The van der Waals surface area contributed by atoms with Gasteiger partial charge in [-0.3, -0.25) is 0 Å². The number of aromatic nitrogens is 1. The van der Waals surface area contributed by atoms with Crippen LogP contribution in [0.4, 0.5) is 87.8 Å². The molecule has 0 aliphatic heterocycles. The highest BCUT2D eigenvalue weighted by Gasteiger charge is 2.52. The number of halogens is 20. The molecule has 0 spiro atoms. The fraction of sp³-hybridized carbons (Fsp3) is 0.0250. The topological polar surface area (TPSA) is 13.1 Å². The van der Waals surface area contributed by atoms with Crippen LogP contribution in [0.25, 0.3) is 0 Å². The fourth-order valence-electron chi connectivity index (χ4n) is 6.73. The molecule has 2 nitrogen and oxygen atoms in total. The number of nitrogens with zero attached hydrogens (tertiary/aromatic N) is 1. The first-order valence-corrected chi connectivity index (χ1v) is 18.0. The Labute approximate surface area is 347 Å². The van der Waals surface area contributed by atoms with Crippen molar-refractivity contribution in [3.8, 4) is 10.9 Å². The molecule has 7 rings (SSSR count). The molecule has 7 aromatic rings. The summed E-state index contributed by atoms with van der Waals surface area (Å²) in [5.74, 6) is -70.5. The van der Waals surface area contributed by atoms with E-state index in [1.54, 1.807) is 11.3 Å². The zero-order chi connectivity index (χ0) is 47.3. The van der Waals surface area contributed by atoms with Crippen molar-refractivity contribution in [2.45, 2.75) is 6.54 Å². The van der Waals surface area contributed by atoms with E-state index in [-0.39, 0.29) is 0 Å². The van der Waals surface area contributed by atoms with Crippen molar-refractivity contribution in [1.29, 1.82) is 0 Å². The van der Waals surface area contributed by atoms with Gasteiger partial charge in [-0.15, -0.1) is 21.9 Å². The van der Waals surface area contributed by atoms with Crippen molar-refractivity contribution in [2.75, 3.05) is 0 Å². The summed E-state index contributed by atoms with van der Waals surface area (Å²) in [5, 5.41) is 2.94. The molecule has 24 heteroatoms. The highest BCUT2D eigenvalue weighted by molar-refractivity contribution is 7.20. The molecule has 0 amide bonds. The van der Waals surface area contributed by atoms with E-state index in [1.165, 1.54) is 5.56 Å². The van der Waals surface area contributed by atoms with Crippen LogP contribution in [0.1, 0.15) is 5.56 Å². The van der Waals surface area contributed by atoms with E-state index in [1.807, 2.05) is 41.8 Å². The molecular weight excluding hydrogens is 933 g/mol. The molecule has 0 radical (unpaired) electrons. The van der Waals surface area contributed by atoms with Gasteiger partial charge in [0.25, 0.3) is 0 Å². The second-order valence-electron chi connectivity index (χ2n) is 13.0. The van der Waals surface area contributed by atoms with Gasteiger partial charge in [-0.05, 0) is 23.5 Å². The summed E-state index contributed by atoms with van der Waals surface area (Å²) in [5.41, 5.74) is -13.1. The van der Waals surface area contributed by atoms with Crippen LogP contribution in [-0.4, -0.2) is 6.15 Å². The number of hydrogen-bond acceptors (Lipinski definition) is 2. The van der Waals surface area contributed by atoms with Gasteiger partial charge in [-0.2, -0.15) is 4.57 Å². The normalized spacial score (nSPS) is 11.5. The van der Waals surface area contributed by atoms with Crippen molar-refractivity contribution in [1.82, 2.24) is 0 Å². The Morgan fingerprint density at radius 3 is 0.922 bits per heavy atom. The molecule has 0 atom stereocenters. The summed E-state index contributed by atoms with van der Waals surface area (Å²) >= 11 is 1.60. The van der Waals surface area contributed by atoms with Crippen LogP contribution in [0.2, 0.25) is 0 Å². The van der Waals surface area contributed by atoms with E-state index in [2.05, 4.69) is 35.0 Å². The predicted molar refractivity (Wildman–Crippen MR) is 186 cm³/mol. The second kappa shape index (κ2) is 17.9. The molecule has 1 heterocycles. The Bertz CT molecular complexity index is 2510. The minimum Gasteiger partial charge on any atom is -0.397 e. The van der Waals surface area contributed by atoms with E-state index in [9.17, 15) is 52.7 Å². The standard InChI is InChI=1S/C24BF20.C16H14NOS/c26-5-1(6(27)14(35)21(42)13(5)34)25(2-7(28)15(36)22(43)16(37)8(2)29,3-9(30)17(38)23(44)18(39)10(3)31)4-11(32)19(40)24(45)20(41)12(4)33;1-3-7-14(8-4-1)13-17-11-12-19-16(17)18-15-9-5-2-6-10-15/h;1-12H,13H2/q-1;+1. The van der Waals surface area contributed by atoms with Gasteiger partial charge in [-0.1, -0.05) is 48.5 Å². The highest BCUT2D eigenvalue weighted by atomic mass is 32.1. The molecule has 0 aliphatic rings. The number of ether oxygens (including phenoxy) is 1. The maximum Gasteiger partial charge on any atom is 0.436 e. The van der Waals surface area contributed by atoms with Crippen molar-refractivity contribution >= 4 is 39.3 Å². The Kier molecular flexibility index (Phi) is 13.1. The van der Waals surface area contributed by atoms with Gasteiger partial charge in [0.05, 0.1) is 5.38 Å². The Morgan fingerprint density at radius 2 is 0.625 bits per heavy atom. The van der Waals surface area contributed by atoms with Gasteiger partial charge >= 0.3 is 5.19 Å². The molecular formula is C40H14BF20NOS. The fourth-order valence-corrected chi connectivity index (χ4v) is 7.46. The van der Waals surface area contributed by atoms with Gasteiger partial charge in [0, 0.05) is 5.56 Å². The van der Waals surface area contributed by atoms with Gasteiger partial charge in [0.1, 0.15) is 58.4 Å². The Balaban J connectivity index is 0.000000295. The van der Waals surface area contributed by atoms with Gasteiger partial charge in [0.15, 0.2) is 82.5 Å². The first-order chi connectivity index (χ1) is 30.1. The molecule has 0 saturated heterocycles. The van der Waals surface area contributed by atoms with Crippen molar-refractivity contribution in [3.05, 3.63) is 194 Å². The quantitative estimate of drug-likeness (QED) is 0.0487. The minimum absolute atomic E-state index is 0.826. The SMILES string of the molecule is Fc1c(F)c(F)c([B-](c2c(F)c(F)c(F)c(F)c2F)(c2c(F)c(F)c(F)c(F)c2F)c2c(F)c(F)c(F)c(F)c2F)c(F)c1F.c1ccc(C[n+]2ccsc2Oc2ccccc2)cc1. The molecule has 0 N–H and O–H groups in total. The molecule has 0 bridgehead atoms. The van der Waals surface area contributed by atoms with Crippen LogP contribution in [0.5, 0.6) is 10.9 Å². The molecule has 6 aromatic carbocycles. The summed E-state index contributed by atoms with van der Waals surface area (Å²) in [6, 6.07) is 20.3. The number of hydrogen-bond donors (Lipinski definition) is 0. The highest BCUT2D eigenvalue weighted by Crippen LogP contribution is 2.31. The Hall–Kier alpha value is -6.59. The zero-order valence-electron chi connectivity index (χ0n) is 30.5. The summed E-state index contributed by atoms with van der Waals surface area (Å²) in [6.45, 7) is 0.826. The van der Waals surface area contributed by atoms with E-state index in [4.69, 9.17) is 4.74 Å².